The fourth-order valence-corrected chi connectivity index (χ4v) is 1.61. The van der Waals surface area contributed by atoms with Gasteiger partial charge in [0.15, 0.2) is 5.78 Å². The molecule has 0 fully saturated rings. The Morgan fingerprint density at radius 3 is 2.63 bits per heavy atom. The lowest BCUT2D eigenvalue weighted by Crippen LogP contribution is -2.14. The average molecular weight is 272 g/mol. The fourth-order valence-electron chi connectivity index (χ4n) is 1.61. The lowest BCUT2D eigenvalue weighted by molar-refractivity contribution is -0.140. The fraction of sp³-hybridized carbons (Fsp3) is 0.167. The zero-order valence-corrected chi connectivity index (χ0v) is 9.46. The van der Waals surface area contributed by atoms with E-state index in [1.807, 2.05) is 0 Å². The van der Waals surface area contributed by atoms with Gasteiger partial charge in [-0.15, -0.1) is 0 Å². The van der Waals surface area contributed by atoms with Crippen LogP contribution in [0.1, 0.15) is 21.7 Å². The minimum absolute atomic E-state index is 0.266. The number of halogens is 4. The van der Waals surface area contributed by atoms with Crippen LogP contribution in [0.4, 0.5) is 17.6 Å². The number of Topliss-reactive ketones (excluding diaryl/α,β-unsaturated/α-hetero) is 1. The van der Waals surface area contributed by atoms with Crippen molar-refractivity contribution in [3.05, 3.63) is 53.4 Å². The third-order valence-electron chi connectivity index (χ3n) is 2.49. The Morgan fingerprint density at radius 1 is 1.32 bits per heavy atom. The summed E-state index contributed by atoms with van der Waals surface area (Å²) >= 11 is 0. The molecule has 3 nitrogen and oxygen atoms in total. The molecule has 0 amide bonds. The van der Waals surface area contributed by atoms with Gasteiger partial charge in [-0.1, -0.05) is 6.07 Å². The number of carbonyl (C=O) groups excluding carboxylic acids is 1. The molecule has 7 heteroatoms. The quantitative estimate of drug-likeness (QED) is 0.689. The molecule has 1 heterocycles. The number of benzene rings is 1. The van der Waals surface area contributed by atoms with Crippen LogP contribution in [0.2, 0.25) is 0 Å². The predicted molar refractivity (Wildman–Crippen MR) is 58.0 cm³/mol. The molecule has 0 unspecified atom stereocenters. The lowest BCUT2D eigenvalue weighted by Gasteiger charge is -2.10. The Hall–Kier alpha value is -2.18. The number of alkyl halides is 3. The van der Waals surface area contributed by atoms with E-state index in [0.717, 1.165) is 12.1 Å². The van der Waals surface area contributed by atoms with Gasteiger partial charge in [-0.3, -0.25) is 4.79 Å². The smallest absolute Gasteiger partial charge is 0.348 e. The Balaban J connectivity index is 2.33. The van der Waals surface area contributed by atoms with Crippen LogP contribution in [0.15, 0.2) is 30.6 Å². The number of carbonyl (C=O) groups is 1. The van der Waals surface area contributed by atoms with E-state index in [0.29, 0.717) is 6.07 Å². The molecule has 0 radical (unpaired) electrons. The number of ketones is 1. The van der Waals surface area contributed by atoms with Crippen molar-refractivity contribution in [3.8, 4) is 0 Å². The molecule has 1 aromatic carbocycles. The Morgan fingerprint density at radius 2 is 2.05 bits per heavy atom. The van der Waals surface area contributed by atoms with Crippen molar-refractivity contribution >= 4 is 5.78 Å². The number of imidazole rings is 1. The summed E-state index contributed by atoms with van der Waals surface area (Å²) in [6.07, 6.45) is -2.26. The van der Waals surface area contributed by atoms with Crippen LogP contribution in [0.5, 0.6) is 0 Å². The molecule has 1 N–H and O–H groups in total. The molecule has 1 aromatic heterocycles. The van der Waals surface area contributed by atoms with Gasteiger partial charge in [-0.25, -0.2) is 9.37 Å². The normalized spacial score (nSPS) is 11.6. The molecule has 0 saturated carbocycles. The molecule has 0 bridgehead atoms. The number of nitrogens with one attached hydrogen (secondary N) is 1. The zero-order valence-electron chi connectivity index (χ0n) is 9.46. The van der Waals surface area contributed by atoms with E-state index in [1.165, 1.54) is 12.4 Å². The monoisotopic (exact) mass is 272 g/mol. The topological polar surface area (TPSA) is 45.8 Å². The summed E-state index contributed by atoms with van der Waals surface area (Å²) in [4.78, 5) is 18.1. The van der Waals surface area contributed by atoms with E-state index >= 15 is 0 Å². The van der Waals surface area contributed by atoms with Crippen LogP contribution < -0.4 is 0 Å². The molecular weight excluding hydrogens is 264 g/mol. The summed E-state index contributed by atoms with van der Waals surface area (Å²) in [6, 6.07) is 2.62. The van der Waals surface area contributed by atoms with E-state index in [4.69, 9.17) is 0 Å². The number of hydrogen-bond donors (Lipinski definition) is 1. The van der Waals surface area contributed by atoms with E-state index in [2.05, 4.69) is 9.97 Å². The first-order valence-corrected chi connectivity index (χ1v) is 5.26. The van der Waals surface area contributed by atoms with Crippen LogP contribution in [0.25, 0.3) is 0 Å². The molecule has 0 aliphatic carbocycles. The standard InChI is InChI=1S/C12H8F4N2O/c13-11-7(2-1-3-8(11)12(14,15)16)9(19)6-10-17-4-5-18-10/h1-5H,6H2,(H,17,18). The van der Waals surface area contributed by atoms with Gasteiger partial charge >= 0.3 is 6.18 Å². The van der Waals surface area contributed by atoms with Gasteiger partial charge in [0.2, 0.25) is 0 Å². The molecule has 2 rings (SSSR count). The molecule has 0 spiro atoms. The van der Waals surface area contributed by atoms with Crippen LogP contribution in [-0.4, -0.2) is 15.8 Å². The summed E-state index contributed by atoms with van der Waals surface area (Å²) in [5.41, 5.74) is -2.04. The lowest BCUT2D eigenvalue weighted by atomic mass is 10.0. The van der Waals surface area contributed by atoms with Crippen molar-refractivity contribution in [1.82, 2.24) is 9.97 Å². The largest absolute Gasteiger partial charge is 0.419 e. The van der Waals surface area contributed by atoms with Crippen molar-refractivity contribution in [1.29, 1.82) is 0 Å². The average Bonchev–Trinajstić information content (AvgIpc) is 2.80. The molecule has 0 saturated heterocycles. The van der Waals surface area contributed by atoms with Crippen molar-refractivity contribution in [2.75, 3.05) is 0 Å². The molecule has 2 aromatic rings. The van der Waals surface area contributed by atoms with Gasteiger partial charge in [0.05, 0.1) is 17.5 Å². The van der Waals surface area contributed by atoms with Gasteiger partial charge < -0.3 is 4.98 Å². The highest BCUT2D eigenvalue weighted by Crippen LogP contribution is 2.32. The highest BCUT2D eigenvalue weighted by atomic mass is 19.4. The van der Waals surface area contributed by atoms with Crippen LogP contribution in [-0.2, 0) is 12.6 Å². The van der Waals surface area contributed by atoms with E-state index in [-0.39, 0.29) is 12.2 Å². The van der Waals surface area contributed by atoms with Crippen LogP contribution in [0, 0.1) is 5.82 Å². The summed E-state index contributed by atoms with van der Waals surface area (Å²) in [5.74, 6) is -2.05. The second kappa shape index (κ2) is 4.83. The maximum Gasteiger partial charge on any atom is 0.419 e. The van der Waals surface area contributed by atoms with Gasteiger partial charge in [0.25, 0.3) is 0 Å². The minimum atomic E-state index is -4.83. The highest BCUT2D eigenvalue weighted by Gasteiger charge is 2.35. The molecule has 19 heavy (non-hydrogen) atoms. The van der Waals surface area contributed by atoms with Crippen molar-refractivity contribution in [2.45, 2.75) is 12.6 Å². The van der Waals surface area contributed by atoms with Crippen molar-refractivity contribution in [3.63, 3.8) is 0 Å². The number of aromatic nitrogens is 2. The highest BCUT2D eigenvalue weighted by molar-refractivity contribution is 5.97. The second-order valence-corrected chi connectivity index (χ2v) is 3.80. The van der Waals surface area contributed by atoms with Gasteiger partial charge in [0, 0.05) is 12.4 Å². The van der Waals surface area contributed by atoms with E-state index in [1.54, 1.807) is 0 Å². The van der Waals surface area contributed by atoms with E-state index < -0.39 is 28.9 Å². The Kier molecular flexibility index (Phi) is 3.37. The van der Waals surface area contributed by atoms with Gasteiger partial charge in [0.1, 0.15) is 11.6 Å². The van der Waals surface area contributed by atoms with Crippen molar-refractivity contribution in [2.24, 2.45) is 0 Å². The summed E-state index contributed by atoms with van der Waals surface area (Å²) in [5, 5.41) is 0. The molecular formula is C12H8F4N2O. The van der Waals surface area contributed by atoms with Gasteiger partial charge in [-0.05, 0) is 12.1 Å². The molecule has 0 aliphatic rings. The SMILES string of the molecule is O=C(Cc1ncc[nH]1)c1cccc(C(F)(F)F)c1F. The van der Waals surface area contributed by atoms with Crippen LogP contribution >= 0.6 is 0 Å². The third-order valence-corrected chi connectivity index (χ3v) is 2.49. The van der Waals surface area contributed by atoms with Crippen LogP contribution in [0.3, 0.4) is 0 Å². The molecule has 0 atom stereocenters. The summed E-state index contributed by atoms with van der Waals surface area (Å²) in [6.45, 7) is 0. The second-order valence-electron chi connectivity index (χ2n) is 3.80. The summed E-state index contributed by atoms with van der Waals surface area (Å²) in [7, 11) is 0. The summed E-state index contributed by atoms with van der Waals surface area (Å²) < 4.78 is 51.2. The minimum Gasteiger partial charge on any atom is -0.348 e. The number of hydrogen-bond acceptors (Lipinski definition) is 2. The Labute approximate surface area is 105 Å². The predicted octanol–water partition coefficient (Wildman–Crippen LogP) is 2.99. The maximum absolute atomic E-state index is 13.7. The zero-order chi connectivity index (χ0) is 14.0. The van der Waals surface area contributed by atoms with Crippen molar-refractivity contribution < 1.29 is 22.4 Å². The number of H-pyrrole nitrogens is 1. The van der Waals surface area contributed by atoms with E-state index in [9.17, 15) is 22.4 Å². The molecule has 0 aliphatic heterocycles. The first-order chi connectivity index (χ1) is 8.89. The number of aromatic amines is 1. The first-order valence-electron chi connectivity index (χ1n) is 5.26. The first kappa shape index (κ1) is 13.3. The van der Waals surface area contributed by atoms with Gasteiger partial charge in [-0.2, -0.15) is 13.2 Å². The number of rotatable bonds is 3. The third kappa shape index (κ3) is 2.81. The Bertz CT molecular complexity index is 590. The number of nitrogens with zero attached hydrogens (tertiary/aromatic N) is 1. The molecule has 100 valence electrons. The maximum atomic E-state index is 13.7.